The van der Waals surface area contributed by atoms with Crippen molar-refractivity contribution in [1.29, 1.82) is 0 Å². The molecule has 0 spiro atoms. The Bertz CT molecular complexity index is 421. The highest BCUT2D eigenvalue weighted by Crippen LogP contribution is 2.22. The summed E-state index contributed by atoms with van der Waals surface area (Å²) in [6.07, 6.45) is 0.993. The van der Waals surface area contributed by atoms with Crippen LogP contribution in [0.15, 0.2) is 22.7 Å². The lowest BCUT2D eigenvalue weighted by molar-refractivity contribution is 0.0950. The quantitative estimate of drug-likeness (QED) is 0.767. The maximum atomic E-state index is 11.9. The number of carbonyl (C=O) groups is 1. The highest BCUT2D eigenvalue weighted by molar-refractivity contribution is 9.10. The minimum Gasteiger partial charge on any atom is -0.507 e. The van der Waals surface area contributed by atoms with Gasteiger partial charge in [0, 0.05) is 15.8 Å². The summed E-state index contributed by atoms with van der Waals surface area (Å²) in [5.74, 6) is 0.303. The van der Waals surface area contributed by atoms with E-state index in [0.29, 0.717) is 18.0 Å². The predicted octanol–water partition coefficient (Wildman–Crippen LogP) is 3.69. The molecule has 0 saturated carbocycles. The van der Waals surface area contributed by atoms with Gasteiger partial charge < -0.3 is 10.4 Å². The van der Waals surface area contributed by atoms with Crippen LogP contribution < -0.4 is 5.32 Å². The molecule has 1 unspecified atom stereocenters. The van der Waals surface area contributed by atoms with E-state index in [1.807, 2.05) is 0 Å². The summed E-state index contributed by atoms with van der Waals surface area (Å²) in [6.45, 7) is 4.82. The molecule has 0 saturated heterocycles. The molecule has 0 heterocycles. The first-order valence-electron chi connectivity index (χ1n) is 5.81. The van der Waals surface area contributed by atoms with Gasteiger partial charge in [-0.3, -0.25) is 4.79 Å². The SMILES string of the molecule is CC(C)CC(Br)CNC(=O)c1ccc(Br)cc1O. The van der Waals surface area contributed by atoms with Gasteiger partial charge in [0.15, 0.2) is 0 Å². The molecule has 3 nitrogen and oxygen atoms in total. The molecule has 0 aromatic heterocycles. The molecule has 100 valence electrons. The van der Waals surface area contributed by atoms with Crippen LogP contribution in [0.3, 0.4) is 0 Å². The molecule has 0 aliphatic carbocycles. The number of benzene rings is 1. The number of nitrogens with one attached hydrogen (secondary N) is 1. The second-order valence-corrected chi connectivity index (χ2v) is 6.81. The molecule has 0 aliphatic rings. The van der Waals surface area contributed by atoms with Gasteiger partial charge in [-0.2, -0.15) is 0 Å². The fourth-order valence-corrected chi connectivity index (χ4v) is 2.85. The van der Waals surface area contributed by atoms with Gasteiger partial charge >= 0.3 is 0 Å². The van der Waals surface area contributed by atoms with Crippen LogP contribution in [0.2, 0.25) is 0 Å². The number of phenols is 1. The zero-order chi connectivity index (χ0) is 13.7. The highest BCUT2D eigenvalue weighted by atomic mass is 79.9. The third kappa shape index (κ3) is 4.98. The summed E-state index contributed by atoms with van der Waals surface area (Å²) in [4.78, 5) is 12.1. The van der Waals surface area contributed by atoms with Crippen LogP contribution in [-0.2, 0) is 0 Å². The lowest BCUT2D eigenvalue weighted by Crippen LogP contribution is -2.30. The van der Waals surface area contributed by atoms with E-state index in [9.17, 15) is 9.90 Å². The van der Waals surface area contributed by atoms with Crippen molar-refractivity contribution in [3.05, 3.63) is 28.2 Å². The molecule has 0 aliphatic heterocycles. The number of hydrogen-bond acceptors (Lipinski definition) is 2. The van der Waals surface area contributed by atoms with Crippen LogP contribution in [0.4, 0.5) is 0 Å². The molecule has 0 fully saturated rings. The molecule has 1 aromatic carbocycles. The Morgan fingerprint density at radius 2 is 2.11 bits per heavy atom. The Morgan fingerprint density at radius 1 is 1.44 bits per heavy atom. The van der Waals surface area contributed by atoms with E-state index < -0.39 is 0 Å². The van der Waals surface area contributed by atoms with Gasteiger partial charge in [-0.1, -0.05) is 45.7 Å². The molecular formula is C13H17Br2NO2. The average Bonchev–Trinajstić information content (AvgIpc) is 2.25. The van der Waals surface area contributed by atoms with Crippen molar-refractivity contribution in [3.63, 3.8) is 0 Å². The minimum atomic E-state index is -0.256. The molecule has 1 aromatic rings. The topological polar surface area (TPSA) is 49.3 Å². The Hall–Kier alpha value is -0.550. The molecule has 1 rings (SSSR count). The number of aromatic hydroxyl groups is 1. The van der Waals surface area contributed by atoms with E-state index in [4.69, 9.17) is 0 Å². The molecular weight excluding hydrogens is 362 g/mol. The van der Waals surface area contributed by atoms with Gasteiger partial charge in [-0.15, -0.1) is 0 Å². The smallest absolute Gasteiger partial charge is 0.255 e. The molecule has 2 N–H and O–H groups in total. The Kier molecular flexibility index (Phi) is 6.15. The van der Waals surface area contributed by atoms with Gasteiger partial charge in [-0.05, 0) is 30.5 Å². The minimum absolute atomic E-state index is 0.0168. The Labute approximate surface area is 124 Å². The molecule has 18 heavy (non-hydrogen) atoms. The summed E-state index contributed by atoms with van der Waals surface area (Å²) < 4.78 is 0.745. The fourth-order valence-electron chi connectivity index (χ4n) is 1.59. The highest BCUT2D eigenvalue weighted by Gasteiger charge is 2.13. The summed E-state index contributed by atoms with van der Waals surface area (Å²) in [5, 5.41) is 12.5. The number of amides is 1. The van der Waals surface area contributed by atoms with E-state index >= 15 is 0 Å². The van der Waals surface area contributed by atoms with Crippen LogP contribution in [0.5, 0.6) is 5.75 Å². The van der Waals surface area contributed by atoms with Gasteiger partial charge in [0.05, 0.1) is 5.56 Å². The van der Waals surface area contributed by atoms with E-state index in [-0.39, 0.29) is 16.5 Å². The van der Waals surface area contributed by atoms with Crippen molar-refractivity contribution < 1.29 is 9.90 Å². The Balaban J connectivity index is 2.55. The summed E-state index contributed by atoms with van der Waals surface area (Å²) in [6, 6.07) is 4.84. The fraction of sp³-hybridized carbons (Fsp3) is 0.462. The number of rotatable bonds is 5. The van der Waals surface area contributed by atoms with Crippen LogP contribution >= 0.6 is 31.9 Å². The lowest BCUT2D eigenvalue weighted by Gasteiger charge is -2.13. The number of phenolic OH excluding ortho intramolecular Hbond substituents is 1. The maximum Gasteiger partial charge on any atom is 0.255 e. The van der Waals surface area contributed by atoms with E-state index in [0.717, 1.165) is 10.9 Å². The normalized spacial score (nSPS) is 12.5. The van der Waals surface area contributed by atoms with Crippen molar-refractivity contribution in [2.24, 2.45) is 5.92 Å². The van der Waals surface area contributed by atoms with Crippen molar-refractivity contribution in [2.45, 2.75) is 25.1 Å². The van der Waals surface area contributed by atoms with E-state index in [2.05, 4.69) is 51.0 Å². The monoisotopic (exact) mass is 377 g/mol. The van der Waals surface area contributed by atoms with E-state index in [1.54, 1.807) is 12.1 Å². The second-order valence-electron chi connectivity index (χ2n) is 4.60. The summed E-state index contributed by atoms with van der Waals surface area (Å²) in [7, 11) is 0. The maximum absolute atomic E-state index is 11.9. The van der Waals surface area contributed by atoms with Crippen molar-refractivity contribution >= 4 is 37.8 Å². The molecule has 1 amide bonds. The average molecular weight is 379 g/mol. The van der Waals surface area contributed by atoms with Crippen molar-refractivity contribution in [2.75, 3.05) is 6.54 Å². The first-order chi connectivity index (χ1) is 8.40. The lowest BCUT2D eigenvalue weighted by atomic mass is 10.1. The third-order valence-electron chi connectivity index (χ3n) is 2.42. The number of alkyl halides is 1. The molecule has 0 radical (unpaired) electrons. The van der Waals surface area contributed by atoms with Crippen LogP contribution in [0.25, 0.3) is 0 Å². The van der Waals surface area contributed by atoms with Crippen LogP contribution in [0.1, 0.15) is 30.6 Å². The largest absolute Gasteiger partial charge is 0.507 e. The summed E-state index contributed by atoms with van der Waals surface area (Å²) in [5.41, 5.74) is 0.294. The molecule has 5 heteroatoms. The predicted molar refractivity (Wildman–Crippen MR) is 80.3 cm³/mol. The zero-order valence-electron chi connectivity index (χ0n) is 10.4. The first-order valence-corrected chi connectivity index (χ1v) is 7.51. The number of hydrogen-bond donors (Lipinski definition) is 2. The van der Waals surface area contributed by atoms with Crippen LogP contribution in [-0.4, -0.2) is 22.4 Å². The number of halogens is 2. The van der Waals surface area contributed by atoms with Crippen LogP contribution in [0, 0.1) is 5.92 Å². The van der Waals surface area contributed by atoms with Gasteiger partial charge in [0.25, 0.3) is 5.91 Å². The summed E-state index contributed by atoms with van der Waals surface area (Å²) >= 11 is 6.76. The first kappa shape index (κ1) is 15.5. The molecule has 1 atom stereocenters. The van der Waals surface area contributed by atoms with Gasteiger partial charge in [-0.25, -0.2) is 0 Å². The van der Waals surface area contributed by atoms with Crippen molar-refractivity contribution in [1.82, 2.24) is 5.32 Å². The van der Waals surface area contributed by atoms with Gasteiger partial charge in [0.2, 0.25) is 0 Å². The molecule has 0 bridgehead atoms. The van der Waals surface area contributed by atoms with Crippen molar-refractivity contribution in [3.8, 4) is 5.75 Å². The third-order valence-corrected chi connectivity index (χ3v) is 3.61. The second kappa shape index (κ2) is 7.14. The number of carbonyl (C=O) groups excluding carboxylic acids is 1. The zero-order valence-corrected chi connectivity index (χ0v) is 13.6. The standard InChI is InChI=1S/C13H17Br2NO2/c1-8(2)5-10(15)7-16-13(18)11-4-3-9(14)6-12(11)17/h3-4,6,8,10,17H,5,7H2,1-2H3,(H,16,18). The van der Waals surface area contributed by atoms with Gasteiger partial charge in [0.1, 0.15) is 5.75 Å². The Morgan fingerprint density at radius 3 is 2.67 bits per heavy atom. The van der Waals surface area contributed by atoms with E-state index in [1.165, 1.54) is 6.07 Å².